The molecule has 7 aromatic carbocycles. The van der Waals surface area contributed by atoms with Crippen LogP contribution < -0.4 is 29.8 Å². The molecule has 2 aliphatic rings. The van der Waals surface area contributed by atoms with Gasteiger partial charge in [0.1, 0.15) is 32.1 Å². The second-order valence-corrected chi connectivity index (χ2v) is 25.7. The van der Waals surface area contributed by atoms with Gasteiger partial charge < -0.3 is 14.5 Å². The summed E-state index contributed by atoms with van der Waals surface area (Å²) in [6.07, 6.45) is 2.89. The van der Waals surface area contributed by atoms with Crippen molar-refractivity contribution in [3.63, 3.8) is 0 Å². The minimum Gasteiger partial charge on any atom is -0.457 e. The molecule has 0 unspecified atom stereocenters. The predicted octanol–water partition coefficient (Wildman–Crippen LogP) is 15.9. The van der Waals surface area contributed by atoms with E-state index in [0.717, 1.165) is 63.2 Å². The van der Waals surface area contributed by atoms with Crippen LogP contribution in [0.15, 0.2) is 176 Å². The minimum absolute atomic E-state index is 0.161. The van der Waals surface area contributed by atoms with Gasteiger partial charge in [0.15, 0.2) is 0 Å². The van der Waals surface area contributed by atoms with Crippen molar-refractivity contribution < 1.29 is 11.6 Å². The Morgan fingerprint density at radius 3 is 1.91 bits per heavy atom. The molecule has 8 aromatic rings. The Morgan fingerprint density at radius 1 is 0.603 bits per heavy atom. The molecule has 2 aliphatic heterocycles. The number of anilines is 7. The summed E-state index contributed by atoms with van der Waals surface area (Å²) in [7, 11) is -2.13. The van der Waals surface area contributed by atoms with E-state index < -0.39 is 14.1 Å². The second-order valence-electron chi connectivity index (χ2n) is 21.4. The van der Waals surface area contributed by atoms with Gasteiger partial charge in [-0.05, 0) is 110 Å². The van der Waals surface area contributed by atoms with Crippen LogP contribution in [0, 0.1) is 5.92 Å². The van der Waals surface area contributed by atoms with E-state index in [1.54, 1.807) is 0 Å². The van der Waals surface area contributed by atoms with Crippen LogP contribution in [0.25, 0.3) is 22.3 Å². The zero-order valence-corrected chi connectivity index (χ0v) is 42.0. The van der Waals surface area contributed by atoms with Gasteiger partial charge in [-0.3, -0.25) is 4.90 Å². The summed E-state index contributed by atoms with van der Waals surface area (Å²) in [6.45, 7) is 23.0. The Hall–Kier alpha value is -6.89. The number of nitrogens with zero attached hydrogens (tertiary/aromatic N) is 4. The van der Waals surface area contributed by atoms with Crippen LogP contribution in [-0.2, 0) is 17.3 Å². The highest BCUT2D eigenvalue weighted by atomic mass is 28.3. The van der Waals surface area contributed by atoms with Gasteiger partial charge in [0.05, 0.1) is 29.6 Å². The second kappa shape index (κ2) is 17.3. The molecule has 0 aliphatic carbocycles. The van der Waals surface area contributed by atoms with Gasteiger partial charge in [0.25, 0.3) is 0 Å². The number of ether oxygens (including phenoxy) is 1. The standard InChI is InChI=1S/C62H64N4OSi/c1-42(2)34-43-32-33-63-59(35-43)66-55-28-16-17-29-57(55)68(9,10)58-31-30-50(40-56(58)66)67-49-23-18-22-48(39-49)64-41-65(54-27-15-14-26-53(54)64)60-51(44-20-12-11-13-21-44)24-19-25-52(60)45-36-46(61(3,4)5)38-47(37-45)62(6,7)8/h11-33,35-40,42H,34,41H2,1-10H3/i11D,12D,13D,20D,21D. The average Bonchev–Trinajstić information content (AvgIpc) is 3.74. The molecule has 0 saturated carbocycles. The predicted molar refractivity (Wildman–Crippen MR) is 291 cm³/mol. The van der Waals surface area contributed by atoms with Gasteiger partial charge in [-0.1, -0.05) is 178 Å². The van der Waals surface area contributed by atoms with Crippen molar-refractivity contribution in [1.82, 2.24) is 4.98 Å². The molecular formula is C62H64N4OSi. The molecule has 342 valence electrons. The number of benzene rings is 7. The monoisotopic (exact) mass is 914 g/mol. The van der Waals surface area contributed by atoms with Crippen LogP contribution >= 0.6 is 0 Å². The van der Waals surface area contributed by atoms with E-state index in [2.05, 4.69) is 186 Å². The van der Waals surface area contributed by atoms with Crippen LogP contribution in [0.3, 0.4) is 0 Å². The van der Waals surface area contributed by atoms with Crippen molar-refractivity contribution in [3.05, 3.63) is 193 Å². The highest BCUT2D eigenvalue weighted by Gasteiger charge is 2.39. The molecule has 10 rings (SSSR count). The van der Waals surface area contributed by atoms with E-state index in [4.69, 9.17) is 13.8 Å². The summed E-state index contributed by atoms with van der Waals surface area (Å²) >= 11 is 0. The SMILES string of the molecule is [2H]c1c([2H])c([2H])c(-c2cccc(-c3cc(C(C)(C)C)cc(C(C)(C)C)c3)c2N2CN(c3cccc(Oc4ccc5c(c4)N(c4cc(CC(C)C)ccn4)c4ccccc4[Si]5(C)C)c3)c3ccccc32)c([2H])c1[2H]. The summed E-state index contributed by atoms with van der Waals surface area (Å²) in [4.78, 5) is 11.8. The molecule has 68 heavy (non-hydrogen) atoms. The lowest BCUT2D eigenvalue weighted by molar-refractivity contribution is 0.483. The first-order chi connectivity index (χ1) is 34.6. The van der Waals surface area contributed by atoms with Crippen molar-refractivity contribution in [1.29, 1.82) is 0 Å². The third-order valence-corrected chi connectivity index (χ3v) is 17.1. The lowest BCUT2D eigenvalue weighted by Crippen LogP contribution is -2.58. The van der Waals surface area contributed by atoms with Crippen molar-refractivity contribution >= 4 is 58.4 Å². The van der Waals surface area contributed by atoms with Crippen molar-refractivity contribution in [2.24, 2.45) is 5.92 Å². The summed E-state index contributed by atoms with van der Waals surface area (Å²) in [6, 6.07) is 47.2. The fourth-order valence-electron chi connectivity index (χ4n) is 9.97. The van der Waals surface area contributed by atoms with Crippen molar-refractivity contribution in [3.8, 4) is 33.8 Å². The number of fused-ring (bicyclic) bond motifs is 3. The number of hydrogen-bond donors (Lipinski definition) is 0. The number of pyridine rings is 1. The summed E-state index contributed by atoms with van der Waals surface area (Å²) < 4.78 is 51.4. The zero-order chi connectivity index (χ0) is 51.9. The normalized spacial score (nSPS) is 15.2. The first-order valence-electron chi connectivity index (χ1n) is 26.4. The number of hydrogen-bond acceptors (Lipinski definition) is 5. The Bertz CT molecular complexity index is 3410. The van der Waals surface area contributed by atoms with Crippen LogP contribution in [0.2, 0.25) is 13.1 Å². The third-order valence-electron chi connectivity index (χ3n) is 13.5. The lowest BCUT2D eigenvalue weighted by atomic mass is 9.78. The average molecular weight is 914 g/mol. The molecule has 0 bridgehead atoms. The van der Waals surface area contributed by atoms with E-state index in [1.165, 1.54) is 27.1 Å². The molecule has 3 heterocycles. The van der Waals surface area contributed by atoms with Gasteiger partial charge in [-0.2, -0.15) is 0 Å². The molecule has 1 aromatic heterocycles. The Balaban J connectivity index is 1.08. The van der Waals surface area contributed by atoms with Gasteiger partial charge in [-0.25, -0.2) is 4.98 Å². The highest BCUT2D eigenvalue weighted by Crippen LogP contribution is 2.51. The molecule has 0 atom stereocenters. The Labute approximate surface area is 412 Å². The van der Waals surface area contributed by atoms with E-state index in [9.17, 15) is 2.74 Å². The third kappa shape index (κ3) is 8.40. The van der Waals surface area contributed by atoms with E-state index in [0.29, 0.717) is 23.9 Å². The topological polar surface area (TPSA) is 31.8 Å². The molecular weight excluding hydrogens is 845 g/mol. The number of para-hydroxylation sites is 4. The van der Waals surface area contributed by atoms with Crippen LogP contribution in [0.4, 0.5) is 39.9 Å². The van der Waals surface area contributed by atoms with Crippen LogP contribution in [0.1, 0.15) is 78.9 Å². The van der Waals surface area contributed by atoms with Gasteiger partial charge in [0, 0.05) is 40.8 Å². The van der Waals surface area contributed by atoms with Gasteiger partial charge in [-0.15, -0.1) is 0 Å². The van der Waals surface area contributed by atoms with Gasteiger partial charge in [0.2, 0.25) is 0 Å². The highest BCUT2D eigenvalue weighted by molar-refractivity contribution is 7.02. The van der Waals surface area contributed by atoms with Gasteiger partial charge >= 0.3 is 0 Å². The molecule has 6 heteroatoms. The molecule has 0 fully saturated rings. The fourth-order valence-corrected chi connectivity index (χ4v) is 12.9. The Kier molecular flexibility index (Phi) is 9.97. The smallest absolute Gasteiger partial charge is 0.137 e. The largest absolute Gasteiger partial charge is 0.457 e. The molecule has 0 spiro atoms. The Morgan fingerprint density at radius 2 is 1.22 bits per heavy atom. The van der Waals surface area contributed by atoms with Crippen molar-refractivity contribution in [2.45, 2.75) is 85.7 Å². The molecule has 0 amide bonds. The molecule has 0 saturated heterocycles. The minimum atomic E-state index is -2.13. The summed E-state index contributed by atoms with van der Waals surface area (Å²) in [5.41, 5.74) is 11.7. The summed E-state index contributed by atoms with van der Waals surface area (Å²) in [5, 5.41) is 2.69. The first kappa shape index (κ1) is 39.1. The maximum absolute atomic E-state index is 9.25. The quantitative estimate of drug-likeness (QED) is 0.135. The number of rotatable bonds is 9. The van der Waals surface area contributed by atoms with E-state index in [1.807, 2.05) is 42.6 Å². The van der Waals surface area contributed by atoms with Crippen molar-refractivity contribution in [2.75, 3.05) is 21.4 Å². The lowest BCUT2D eigenvalue weighted by Gasteiger charge is -2.40. The van der Waals surface area contributed by atoms with Crippen LogP contribution in [0.5, 0.6) is 11.5 Å². The molecule has 5 nitrogen and oxygen atoms in total. The first-order valence-corrected chi connectivity index (χ1v) is 26.9. The van der Waals surface area contributed by atoms with E-state index in [-0.39, 0.29) is 40.6 Å². The fraction of sp³-hybridized carbons (Fsp3) is 0.242. The maximum Gasteiger partial charge on any atom is 0.137 e. The maximum atomic E-state index is 9.25. The molecule has 0 radical (unpaired) electrons. The number of aromatic nitrogens is 1. The zero-order valence-electron chi connectivity index (χ0n) is 46.0. The van der Waals surface area contributed by atoms with Crippen LogP contribution in [-0.4, -0.2) is 19.7 Å². The summed E-state index contributed by atoms with van der Waals surface area (Å²) in [5.74, 6) is 2.80. The van der Waals surface area contributed by atoms with E-state index >= 15 is 0 Å². The molecule has 0 N–H and O–H groups in total.